The van der Waals surface area contributed by atoms with Gasteiger partial charge in [-0.1, -0.05) is 54.3 Å². The summed E-state index contributed by atoms with van der Waals surface area (Å²) in [5, 5.41) is -0.0722. The number of nitrogens with zero attached hydrogens (tertiary/aromatic N) is 1. The molecule has 150 valence electrons. The van der Waals surface area contributed by atoms with Crippen molar-refractivity contribution in [1.29, 1.82) is 0 Å². The third-order valence-electron chi connectivity index (χ3n) is 3.88. The van der Waals surface area contributed by atoms with Crippen molar-refractivity contribution in [3.8, 4) is 11.5 Å². The normalized spacial score (nSPS) is 15.1. The fourth-order valence-electron chi connectivity index (χ4n) is 2.62. The largest absolute Gasteiger partial charge is 0.490 e. The average molecular weight is 450 g/mol. The lowest BCUT2D eigenvalue weighted by molar-refractivity contribution is -0.113. The maximum absolute atomic E-state index is 13.4. The smallest absolute Gasteiger partial charge is 0.270 e. The number of rotatable bonds is 7. The van der Waals surface area contributed by atoms with Gasteiger partial charge >= 0.3 is 0 Å². The van der Waals surface area contributed by atoms with E-state index in [4.69, 9.17) is 33.3 Å². The molecule has 1 heterocycles. The number of amides is 1. The van der Waals surface area contributed by atoms with Crippen molar-refractivity contribution in [3.05, 3.63) is 70.4 Å². The number of benzene rings is 2. The number of halogens is 2. The second kappa shape index (κ2) is 9.43. The van der Waals surface area contributed by atoms with Gasteiger partial charge in [0.15, 0.2) is 15.8 Å². The van der Waals surface area contributed by atoms with Crippen molar-refractivity contribution < 1.29 is 18.7 Å². The number of carbonyl (C=O) groups is 1. The first kappa shape index (κ1) is 21.4. The molecule has 0 unspecified atom stereocenters. The average Bonchev–Trinajstić information content (AvgIpc) is 2.97. The molecule has 0 spiro atoms. The van der Waals surface area contributed by atoms with E-state index in [0.717, 1.165) is 5.56 Å². The van der Waals surface area contributed by atoms with Crippen LogP contribution in [0.1, 0.15) is 12.5 Å². The zero-order chi connectivity index (χ0) is 21.0. The molecule has 4 nitrogen and oxygen atoms in total. The van der Waals surface area contributed by atoms with Crippen LogP contribution in [0, 0.1) is 5.82 Å². The first-order chi connectivity index (χ1) is 13.9. The SMILES string of the molecule is C=CCOc1ccc(/C=C2/SC(=S)N(c3ccc(F)c(Cl)c3)C2=O)cc1OCC. The van der Waals surface area contributed by atoms with Crippen LogP contribution in [-0.2, 0) is 4.79 Å². The molecule has 0 N–H and O–H groups in total. The monoisotopic (exact) mass is 449 g/mol. The highest BCUT2D eigenvalue weighted by Gasteiger charge is 2.33. The van der Waals surface area contributed by atoms with Gasteiger partial charge in [-0.25, -0.2) is 4.39 Å². The molecule has 2 aromatic rings. The van der Waals surface area contributed by atoms with Gasteiger partial charge < -0.3 is 9.47 Å². The number of thiocarbonyl (C=S) groups is 1. The maximum Gasteiger partial charge on any atom is 0.270 e. The van der Waals surface area contributed by atoms with Crippen molar-refractivity contribution in [2.45, 2.75) is 6.92 Å². The predicted octanol–water partition coefficient (Wildman–Crippen LogP) is 5.85. The van der Waals surface area contributed by atoms with Crippen molar-refractivity contribution in [3.63, 3.8) is 0 Å². The molecule has 1 amide bonds. The van der Waals surface area contributed by atoms with Crippen LogP contribution in [0.3, 0.4) is 0 Å². The molecule has 1 fully saturated rings. The molecule has 1 aliphatic rings. The molecule has 29 heavy (non-hydrogen) atoms. The van der Waals surface area contributed by atoms with E-state index in [2.05, 4.69) is 6.58 Å². The van der Waals surface area contributed by atoms with Crippen LogP contribution in [0.4, 0.5) is 10.1 Å². The number of anilines is 1. The van der Waals surface area contributed by atoms with Crippen LogP contribution in [0.15, 0.2) is 54.0 Å². The second-order valence-corrected chi connectivity index (χ2v) is 7.94. The Hall–Kier alpha value is -2.35. The van der Waals surface area contributed by atoms with E-state index in [1.165, 1.54) is 34.9 Å². The molecule has 1 aliphatic heterocycles. The fourth-order valence-corrected chi connectivity index (χ4v) is 4.09. The second-order valence-electron chi connectivity index (χ2n) is 5.85. The predicted molar refractivity (Wildman–Crippen MR) is 120 cm³/mol. The van der Waals surface area contributed by atoms with Gasteiger partial charge in [-0.3, -0.25) is 9.69 Å². The summed E-state index contributed by atoms with van der Waals surface area (Å²) in [6.07, 6.45) is 3.38. The van der Waals surface area contributed by atoms with Crippen LogP contribution >= 0.6 is 35.6 Å². The van der Waals surface area contributed by atoms with Gasteiger partial charge in [0.2, 0.25) is 0 Å². The number of hydrogen-bond acceptors (Lipinski definition) is 5. The Morgan fingerprint density at radius 3 is 2.72 bits per heavy atom. The summed E-state index contributed by atoms with van der Waals surface area (Å²) in [5.41, 5.74) is 1.18. The minimum atomic E-state index is -0.557. The molecule has 0 aliphatic carbocycles. The van der Waals surface area contributed by atoms with E-state index in [-0.39, 0.29) is 10.9 Å². The molecule has 0 saturated carbocycles. The van der Waals surface area contributed by atoms with Gasteiger partial charge in [0, 0.05) is 0 Å². The number of thioether (sulfide) groups is 1. The highest BCUT2D eigenvalue weighted by Crippen LogP contribution is 2.38. The van der Waals surface area contributed by atoms with Gasteiger partial charge in [0.1, 0.15) is 12.4 Å². The van der Waals surface area contributed by atoms with Crippen LogP contribution < -0.4 is 14.4 Å². The van der Waals surface area contributed by atoms with Crippen LogP contribution in [0.25, 0.3) is 6.08 Å². The van der Waals surface area contributed by atoms with Crippen LogP contribution in [-0.4, -0.2) is 23.4 Å². The van der Waals surface area contributed by atoms with E-state index in [1.807, 2.05) is 13.0 Å². The van der Waals surface area contributed by atoms with E-state index in [9.17, 15) is 9.18 Å². The summed E-state index contributed by atoms with van der Waals surface area (Å²) in [6.45, 7) is 6.34. The van der Waals surface area contributed by atoms with Gasteiger partial charge in [-0.15, -0.1) is 0 Å². The number of ether oxygens (including phenoxy) is 2. The van der Waals surface area contributed by atoms with E-state index >= 15 is 0 Å². The molecular weight excluding hydrogens is 433 g/mol. The van der Waals surface area contributed by atoms with E-state index in [0.29, 0.717) is 39.6 Å². The first-order valence-electron chi connectivity index (χ1n) is 8.68. The highest BCUT2D eigenvalue weighted by molar-refractivity contribution is 8.27. The van der Waals surface area contributed by atoms with Crippen molar-refractivity contribution >= 4 is 57.6 Å². The lowest BCUT2D eigenvalue weighted by atomic mass is 10.1. The van der Waals surface area contributed by atoms with Gasteiger partial charge in [-0.2, -0.15) is 0 Å². The lowest BCUT2D eigenvalue weighted by Gasteiger charge is -2.14. The summed E-state index contributed by atoms with van der Waals surface area (Å²) in [5.74, 6) is 0.313. The maximum atomic E-state index is 13.4. The van der Waals surface area contributed by atoms with E-state index < -0.39 is 5.82 Å². The van der Waals surface area contributed by atoms with Crippen molar-refractivity contribution in [2.75, 3.05) is 18.1 Å². The number of hydrogen-bond donors (Lipinski definition) is 0. The molecule has 3 rings (SSSR count). The standard InChI is InChI=1S/C21H17ClFNO3S2/c1-3-9-27-17-8-5-13(10-18(17)26-4-2)11-19-20(25)24(21(28)29-19)14-6-7-16(23)15(22)12-14/h3,5-8,10-12H,1,4,9H2,2H3/b19-11+. The summed E-state index contributed by atoms with van der Waals surface area (Å²) in [4.78, 5) is 14.7. The summed E-state index contributed by atoms with van der Waals surface area (Å²) in [7, 11) is 0. The Morgan fingerprint density at radius 2 is 2.03 bits per heavy atom. The number of carbonyl (C=O) groups excluding carboxylic acids is 1. The molecule has 8 heteroatoms. The highest BCUT2D eigenvalue weighted by atomic mass is 35.5. The Balaban J connectivity index is 1.89. The van der Waals surface area contributed by atoms with Gasteiger partial charge in [-0.05, 0) is 48.9 Å². The zero-order valence-corrected chi connectivity index (χ0v) is 17.9. The summed E-state index contributed by atoms with van der Waals surface area (Å²) < 4.78 is 25.0. The molecule has 0 atom stereocenters. The Labute approximate surface area is 182 Å². The summed E-state index contributed by atoms with van der Waals surface area (Å²) >= 11 is 12.3. The Kier molecular flexibility index (Phi) is 6.95. The lowest BCUT2D eigenvalue weighted by Crippen LogP contribution is -2.27. The molecule has 0 bridgehead atoms. The first-order valence-corrected chi connectivity index (χ1v) is 10.3. The van der Waals surface area contributed by atoms with Crippen LogP contribution in [0.2, 0.25) is 5.02 Å². The molecule has 1 saturated heterocycles. The quantitative estimate of drug-likeness (QED) is 0.301. The van der Waals surface area contributed by atoms with Gasteiger partial charge in [0.25, 0.3) is 5.91 Å². The molecular formula is C21H17ClFNO3S2. The third kappa shape index (κ3) is 4.80. The minimum absolute atomic E-state index is 0.0722. The third-order valence-corrected chi connectivity index (χ3v) is 5.47. The molecule has 0 radical (unpaired) electrons. The summed E-state index contributed by atoms with van der Waals surface area (Å²) in [6, 6.07) is 9.44. The van der Waals surface area contributed by atoms with E-state index in [1.54, 1.807) is 24.3 Å². The topological polar surface area (TPSA) is 38.8 Å². The fraction of sp³-hybridized carbons (Fsp3) is 0.143. The molecule has 0 aromatic heterocycles. The van der Waals surface area contributed by atoms with Gasteiger partial charge in [0.05, 0.1) is 22.2 Å². The Bertz CT molecular complexity index is 1010. The molecule has 2 aromatic carbocycles. The van der Waals surface area contributed by atoms with Crippen molar-refractivity contribution in [2.24, 2.45) is 0 Å². The van der Waals surface area contributed by atoms with Crippen LogP contribution in [0.5, 0.6) is 11.5 Å². The zero-order valence-electron chi connectivity index (χ0n) is 15.5. The van der Waals surface area contributed by atoms with Crippen molar-refractivity contribution in [1.82, 2.24) is 0 Å². The Morgan fingerprint density at radius 1 is 1.24 bits per heavy atom. The minimum Gasteiger partial charge on any atom is -0.490 e.